The van der Waals surface area contributed by atoms with E-state index >= 15 is 0 Å². The summed E-state index contributed by atoms with van der Waals surface area (Å²) in [4.78, 5) is 0. The number of rotatable bonds is 8. The molecule has 0 aromatic heterocycles. The van der Waals surface area contributed by atoms with Crippen molar-refractivity contribution in [2.75, 3.05) is 13.2 Å². The van der Waals surface area contributed by atoms with Crippen LogP contribution in [0.5, 0.6) is 11.5 Å². The lowest BCUT2D eigenvalue weighted by Gasteiger charge is -2.17. The predicted octanol–water partition coefficient (Wildman–Crippen LogP) is 4.28. The second-order valence-electron chi connectivity index (χ2n) is 5.72. The summed E-state index contributed by atoms with van der Waals surface area (Å²) in [5.41, 5.74) is 0.634. The van der Waals surface area contributed by atoms with Gasteiger partial charge in [-0.15, -0.1) is 0 Å². The van der Waals surface area contributed by atoms with Gasteiger partial charge in [0.25, 0.3) is 0 Å². The average molecular weight is 300 g/mol. The predicted molar refractivity (Wildman–Crippen MR) is 85.8 cm³/mol. The Morgan fingerprint density at radius 2 is 1.23 bits per heavy atom. The number of nitriles is 2. The smallest absolute Gasteiger partial charge is 0.162 e. The minimum Gasteiger partial charge on any atom is -0.489 e. The first-order valence-corrected chi connectivity index (χ1v) is 7.79. The zero-order valence-corrected chi connectivity index (χ0v) is 13.8. The van der Waals surface area contributed by atoms with Gasteiger partial charge in [-0.3, -0.25) is 0 Å². The van der Waals surface area contributed by atoms with Crippen LogP contribution < -0.4 is 9.47 Å². The van der Waals surface area contributed by atoms with Crippen molar-refractivity contribution in [3.63, 3.8) is 0 Å². The fourth-order valence-corrected chi connectivity index (χ4v) is 1.67. The van der Waals surface area contributed by atoms with Gasteiger partial charge in [0.1, 0.15) is 12.1 Å². The van der Waals surface area contributed by atoms with Gasteiger partial charge in [0, 0.05) is 12.1 Å². The number of hydrogen-bond donors (Lipinski definition) is 0. The SMILES string of the molecule is CCC(C)COc1cc(C#N)c(C#N)cc1OCC(C)CC. The zero-order chi connectivity index (χ0) is 16.5. The summed E-state index contributed by atoms with van der Waals surface area (Å²) >= 11 is 0. The molecule has 0 saturated heterocycles. The topological polar surface area (TPSA) is 66.0 Å². The van der Waals surface area contributed by atoms with Gasteiger partial charge in [-0.1, -0.05) is 40.5 Å². The van der Waals surface area contributed by atoms with Crippen LogP contribution in [0.25, 0.3) is 0 Å². The minimum atomic E-state index is 0.317. The average Bonchev–Trinajstić information content (AvgIpc) is 2.56. The highest BCUT2D eigenvalue weighted by Crippen LogP contribution is 2.31. The lowest BCUT2D eigenvalue weighted by atomic mass is 10.1. The normalized spacial score (nSPS) is 12.8. The van der Waals surface area contributed by atoms with Crippen LogP contribution in [0.2, 0.25) is 0 Å². The summed E-state index contributed by atoms with van der Waals surface area (Å²) in [6, 6.07) is 7.28. The van der Waals surface area contributed by atoms with E-state index in [0.717, 1.165) is 12.8 Å². The highest BCUT2D eigenvalue weighted by atomic mass is 16.5. The molecule has 118 valence electrons. The van der Waals surface area contributed by atoms with Crippen LogP contribution in [-0.2, 0) is 0 Å². The van der Waals surface area contributed by atoms with Gasteiger partial charge in [-0.25, -0.2) is 0 Å². The van der Waals surface area contributed by atoms with Gasteiger partial charge >= 0.3 is 0 Å². The summed E-state index contributed by atoms with van der Waals surface area (Å²) in [7, 11) is 0. The lowest BCUT2D eigenvalue weighted by molar-refractivity contribution is 0.217. The Balaban J connectivity index is 3.03. The van der Waals surface area contributed by atoms with Crippen molar-refractivity contribution in [3.05, 3.63) is 23.3 Å². The third-order valence-corrected chi connectivity index (χ3v) is 3.77. The van der Waals surface area contributed by atoms with E-state index in [1.54, 1.807) is 12.1 Å². The van der Waals surface area contributed by atoms with Crippen molar-refractivity contribution in [3.8, 4) is 23.6 Å². The fraction of sp³-hybridized carbons (Fsp3) is 0.556. The van der Waals surface area contributed by atoms with Crippen LogP contribution in [0.15, 0.2) is 12.1 Å². The van der Waals surface area contributed by atoms with E-state index in [2.05, 4.69) is 27.7 Å². The van der Waals surface area contributed by atoms with Crippen molar-refractivity contribution in [2.24, 2.45) is 11.8 Å². The van der Waals surface area contributed by atoms with Crippen molar-refractivity contribution in [1.29, 1.82) is 10.5 Å². The molecule has 0 bridgehead atoms. The van der Waals surface area contributed by atoms with Crippen molar-refractivity contribution < 1.29 is 9.47 Å². The fourth-order valence-electron chi connectivity index (χ4n) is 1.67. The zero-order valence-electron chi connectivity index (χ0n) is 13.8. The van der Waals surface area contributed by atoms with Gasteiger partial charge in [-0.2, -0.15) is 10.5 Å². The van der Waals surface area contributed by atoms with E-state index in [-0.39, 0.29) is 0 Å². The Labute approximate surface area is 133 Å². The molecule has 4 heteroatoms. The Hall–Kier alpha value is -2.20. The quantitative estimate of drug-likeness (QED) is 0.718. The molecule has 0 amide bonds. The maximum Gasteiger partial charge on any atom is 0.162 e. The van der Waals surface area contributed by atoms with Gasteiger partial charge in [-0.05, 0) is 11.8 Å². The molecule has 0 fully saturated rings. The first-order valence-electron chi connectivity index (χ1n) is 7.79. The Morgan fingerprint density at radius 3 is 1.50 bits per heavy atom. The largest absolute Gasteiger partial charge is 0.489 e. The molecule has 1 rings (SSSR count). The van der Waals surface area contributed by atoms with Crippen LogP contribution in [0.1, 0.15) is 51.7 Å². The van der Waals surface area contributed by atoms with E-state index in [4.69, 9.17) is 20.0 Å². The molecule has 2 atom stereocenters. The van der Waals surface area contributed by atoms with Crippen LogP contribution in [0, 0.1) is 34.5 Å². The molecule has 2 unspecified atom stereocenters. The van der Waals surface area contributed by atoms with Crippen LogP contribution in [0.3, 0.4) is 0 Å². The van der Waals surface area contributed by atoms with Crippen LogP contribution in [-0.4, -0.2) is 13.2 Å². The molecule has 0 aliphatic heterocycles. The Morgan fingerprint density at radius 1 is 0.864 bits per heavy atom. The van der Waals surface area contributed by atoms with Crippen molar-refractivity contribution >= 4 is 0 Å². The third-order valence-electron chi connectivity index (χ3n) is 3.77. The number of ether oxygens (including phenoxy) is 2. The van der Waals surface area contributed by atoms with Gasteiger partial charge < -0.3 is 9.47 Å². The standard InChI is InChI=1S/C18H24N2O2/c1-5-13(3)11-21-17-7-15(9-19)16(10-20)8-18(17)22-12-14(4)6-2/h7-8,13-14H,5-6,11-12H2,1-4H3. The molecule has 0 radical (unpaired) electrons. The van der Waals surface area contributed by atoms with Crippen LogP contribution in [0.4, 0.5) is 0 Å². The second-order valence-corrected chi connectivity index (χ2v) is 5.72. The van der Waals surface area contributed by atoms with E-state index in [1.165, 1.54) is 0 Å². The molecule has 1 aromatic rings. The molecule has 0 heterocycles. The molecule has 0 aliphatic carbocycles. The summed E-state index contributed by atoms with van der Waals surface area (Å²) in [6.45, 7) is 9.55. The Kier molecular flexibility index (Phi) is 7.26. The second kappa shape index (κ2) is 8.95. The van der Waals surface area contributed by atoms with Crippen molar-refractivity contribution in [1.82, 2.24) is 0 Å². The van der Waals surface area contributed by atoms with E-state index in [1.807, 2.05) is 12.1 Å². The first-order chi connectivity index (χ1) is 10.5. The highest BCUT2D eigenvalue weighted by molar-refractivity contribution is 5.56. The summed E-state index contributed by atoms with van der Waals surface area (Å²) in [5.74, 6) is 1.92. The van der Waals surface area contributed by atoms with Crippen LogP contribution >= 0.6 is 0 Å². The molecule has 0 N–H and O–H groups in total. The molecule has 0 saturated carbocycles. The van der Waals surface area contributed by atoms with E-state index in [9.17, 15) is 0 Å². The molecular weight excluding hydrogens is 276 g/mol. The maximum atomic E-state index is 9.15. The van der Waals surface area contributed by atoms with Gasteiger partial charge in [0.2, 0.25) is 0 Å². The molecule has 4 nitrogen and oxygen atoms in total. The van der Waals surface area contributed by atoms with Gasteiger partial charge in [0.05, 0.1) is 24.3 Å². The molecule has 0 aliphatic rings. The van der Waals surface area contributed by atoms with E-state index < -0.39 is 0 Å². The molecule has 22 heavy (non-hydrogen) atoms. The third kappa shape index (κ3) is 4.97. The highest BCUT2D eigenvalue weighted by Gasteiger charge is 2.14. The molecule has 0 spiro atoms. The summed E-state index contributed by atoms with van der Waals surface area (Å²) < 4.78 is 11.6. The van der Waals surface area contributed by atoms with E-state index in [0.29, 0.717) is 47.7 Å². The first kappa shape index (κ1) is 17.9. The monoisotopic (exact) mass is 300 g/mol. The summed E-state index contributed by atoms with van der Waals surface area (Å²) in [6.07, 6.45) is 2.04. The minimum absolute atomic E-state index is 0.317. The number of nitrogens with zero attached hydrogens (tertiary/aromatic N) is 2. The molecular formula is C18H24N2O2. The lowest BCUT2D eigenvalue weighted by Crippen LogP contribution is -2.11. The summed E-state index contributed by atoms with van der Waals surface area (Å²) in [5, 5.41) is 18.3. The van der Waals surface area contributed by atoms with Gasteiger partial charge in [0.15, 0.2) is 11.5 Å². The van der Waals surface area contributed by atoms with Crippen molar-refractivity contribution in [2.45, 2.75) is 40.5 Å². The Bertz CT molecular complexity index is 519. The number of hydrogen-bond acceptors (Lipinski definition) is 4. The number of benzene rings is 1. The molecule has 1 aromatic carbocycles. The maximum absolute atomic E-state index is 9.15.